The molecule has 0 saturated carbocycles. The average Bonchev–Trinajstić information content (AvgIpc) is 2.41. The summed E-state index contributed by atoms with van der Waals surface area (Å²) in [5, 5.41) is 18.5. The van der Waals surface area contributed by atoms with Gasteiger partial charge in [0.15, 0.2) is 0 Å². The molecule has 2 rings (SSSR count). The van der Waals surface area contributed by atoms with Crippen LogP contribution in [0.1, 0.15) is 22.3 Å². The predicted octanol–water partition coefficient (Wildman–Crippen LogP) is 0.937. The Morgan fingerprint density at radius 1 is 1.19 bits per heavy atom. The zero-order chi connectivity index (χ0) is 15.6. The summed E-state index contributed by atoms with van der Waals surface area (Å²) in [7, 11) is 1.45. The van der Waals surface area contributed by atoms with E-state index in [-0.39, 0.29) is 18.4 Å². The first-order valence-corrected chi connectivity index (χ1v) is 5.77. The van der Waals surface area contributed by atoms with Crippen molar-refractivity contribution < 1.29 is 29.4 Å². The van der Waals surface area contributed by atoms with Crippen LogP contribution in [-0.2, 0) is 16.1 Å². The maximum atomic E-state index is 12.3. The minimum absolute atomic E-state index is 0.0609. The van der Waals surface area contributed by atoms with Crippen LogP contribution in [0.3, 0.4) is 0 Å². The summed E-state index contributed by atoms with van der Waals surface area (Å²) in [6.45, 7) is 0. The van der Waals surface area contributed by atoms with Gasteiger partial charge in [-0.05, 0) is 30.2 Å². The number of Topliss-reactive ketones (excluding diaryl/α,β-unsaturated/α-hetero) is 1. The third-order valence-electron chi connectivity index (χ3n) is 3.07. The zero-order valence-corrected chi connectivity index (χ0v) is 10.8. The molecule has 0 N–H and O–H groups in total. The number of nitrogens with zero attached hydrogens (tertiary/aromatic N) is 2. The number of hydrogen-bond donors (Lipinski definition) is 0. The second kappa shape index (κ2) is 5.23. The molecule has 10 heteroatoms. The molecule has 0 heterocycles. The molecule has 0 saturated heterocycles. The Kier molecular flexibility index (Phi) is 3.61. The molecule has 0 amide bonds. The van der Waals surface area contributed by atoms with Crippen molar-refractivity contribution >= 4 is 5.78 Å². The van der Waals surface area contributed by atoms with Crippen LogP contribution in [0, 0.1) is 20.2 Å². The Morgan fingerprint density at radius 2 is 1.81 bits per heavy atom. The van der Waals surface area contributed by atoms with Gasteiger partial charge in [-0.1, -0.05) is 0 Å². The summed E-state index contributed by atoms with van der Waals surface area (Å²) in [6.07, 6.45) is -0.228. The largest absolute Gasteiger partial charge is 0.497 e. The van der Waals surface area contributed by atoms with Crippen molar-refractivity contribution in [1.82, 2.24) is 0 Å². The summed E-state index contributed by atoms with van der Waals surface area (Å²) in [5.41, 5.74) is 0.611. The maximum Gasteiger partial charge on any atom is 0.325 e. The molecule has 10 nitrogen and oxygen atoms in total. The van der Waals surface area contributed by atoms with Gasteiger partial charge in [0.2, 0.25) is 5.78 Å². The number of carbonyl (C=O) groups is 1. The molecule has 0 bridgehead atoms. The molecule has 1 aromatic rings. The highest BCUT2D eigenvalue weighted by Gasteiger charge is 2.50. The van der Waals surface area contributed by atoms with Crippen LogP contribution in [0.15, 0.2) is 18.2 Å². The first kappa shape index (κ1) is 14.5. The number of rotatable bonds is 5. The first-order valence-electron chi connectivity index (χ1n) is 5.77. The van der Waals surface area contributed by atoms with Gasteiger partial charge in [0.25, 0.3) is 10.2 Å². The predicted molar refractivity (Wildman–Crippen MR) is 64.5 cm³/mol. The summed E-state index contributed by atoms with van der Waals surface area (Å²) >= 11 is 0. The number of aryl methyl sites for hydroxylation is 1. The molecule has 112 valence electrons. The standard InChI is InChI=1S/C11H10N2O8/c1-19-8-2-3-9-7(6-8)4-5-11(10(9)14,20-12(15)16)21-13(17)18/h2-3,6H,4-5H2,1H3. The molecule has 21 heavy (non-hydrogen) atoms. The van der Waals surface area contributed by atoms with Crippen LogP contribution in [0.25, 0.3) is 0 Å². The molecule has 0 aliphatic heterocycles. The molecule has 0 atom stereocenters. The fourth-order valence-corrected chi connectivity index (χ4v) is 2.18. The summed E-state index contributed by atoms with van der Waals surface area (Å²) in [4.78, 5) is 41.7. The zero-order valence-electron chi connectivity index (χ0n) is 10.8. The second-order valence-electron chi connectivity index (χ2n) is 4.23. The number of hydrogen-bond acceptors (Lipinski definition) is 8. The first-order chi connectivity index (χ1) is 9.88. The highest BCUT2D eigenvalue weighted by atomic mass is 17.1. The van der Waals surface area contributed by atoms with Crippen molar-refractivity contribution in [3.8, 4) is 5.75 Å². The lowest BCUT2D eigenvalue weighted by Gasteiger charge is -2.31. The van der Waals surface area contributed by atoms with Gasteiger partial charge >= 0.3 is 5.79 Å². The number of fused-ring (bicyclic) bond motifs is 1. The van der Waals surface area contributed by atoms with Crippen molar-refractivity contribution in [2.24, 2.45) is 0 Å². The van der Waals surface area contributed by atoms with E-state index in [4.69, 9.17) is 4.74 Å². The number of methoxy groups -OCH3 is 1. The van der Waals surface area contributed by atoms with Crippen molar-refractivity contribution in [3.63, 3.8) is 0 Å². The average molecular weight is 298 g/mol. The van der Waals surface area contributed by atoms with Crippen LogP contribution >= 0.6 is 0 Å². The van der Waals surface area contributed by atoms with Gasteiger partial charge in [-0.3, -0.25) is 14.5 Å². The van der Waals surface area contributed by atoms with E-state index >= 15 is 0 Å². The Bertz CT molecular complexity index is 598. The topological polar surface area (TPSA) is 131 Å². The fourth-order valence-electron chi connectivity index (χ4n) is 2.18. The molecule has 1 aromatic carbocycles. The van der Waals surface area contributed by atoms with E-state index in [9.17, 15) is 25.0 Å². The third kappa shape index (κ3) is 2.68. The van der Waals surface area contributed by atoms with Crippen LogP contribution in [0.4, 0.5) is 0 Å². The molecular weight excluding hydrogens is 288 g/mol. The van der Waals surface area contributed by atoms with E-state index in [2.05, 4.69) is 9.68 Å². The molecule has 0 aromatic heterocycles. The SMILES string of the molecule is COc1ccc2c(c1)CCC(O[N+](=O)[O-])(O[N+](=O)[O-])C2=O. The Morgan fingerprint density at radius 3 is 2.33 bits per heavy atom. The summed E-state index contributed by atoms with van der Waals surface area (Å²) in [5.74, 6) is -3.03. The molecule has 1 aliphatic carbocycles. The Balaban J connectivity index is 2.43. The van der Waals surface area contributed by atoms with Crippen molar-refractivity contribution in [1.29, 1.82) is 0 Å². The highest BCUT2D eigenvalue weighted by Crippen LogP contribution is 2.34. The van der Waals surface area contributed by atoms with Crippen molar-refractivity contribution in [3.05, 3.63) is 49.6 Å². The molecule has 0 radical (unpaired) electrons. The van der Waals surface area contributed by atoms with E-state index < -0.39 is 21.7 Å². The summed E-state index contributed by atoms with van der Waals surface area (Å²) in [6, 6.07) is 4.40. The molecule has 0 unspecified atom stereocenters. The number of carbonyl (C=O) groups excluding carboxylic acids is 1. The smallest absolute Gasteiger partial charge is 0.325 e. The molecule has 1 aliphatic rings. The molecule has 0 spiro atoms. The Labute approximate surface area is 117 Å². The van der Waals surface area contributed by atoms with E-state index in [1.165, 1.54) is 19.2 Å². The lowest BCUT2D eigenvalue weighted by atomic mass is 9.86. The quantitative estimate of drug-likeness (QED) is 0.445. The lowest BCUT2D eigenvalue weighted by Crippen LogP contribution is -2.50. The minimum Gasteiger partial charge on any atom is -0.497 e. The maximum absolute atomic E-state index is 12.3. The monoisotopic (exact) mass is 298 g/mol. The van der Waals surface area contributed by atoms with Gasteiger partial charge < -0.3 is 4.74 Å². The van der Waals surface area contributed by atoms with E-state index in [0.717, 1.165) is 0 Å². The number of benzene rings is 1. The van der Waals surface area contributed by atoms with Crippen LogP contribution in [0.5, 0.6) is 5.75 Å². The van der Waals surface area contributed by atoms with E-state index in [1.54, 1.807) is 6.07 Å². The van der Waals surface area contributed by atoms with E-state index in [0.29, 0.717) is 11.3 Å². The van der Waals surface area contributed by atoms with Gasteiger partial charge in [-0.15, -0.1) is 20.2 Å². The van der Waals surface area contributed by atoms with Gasteiger partial charge in [0, 0.05) is 12.0 Å². The van der Waals surface area contributed by atoms with Crippen LogP contribution in [-0.4, -0.2) is 28.9 Å². The lowest BCUT2D eigenvalue weighted by molar-refractivity contribution is -0.864. The van der Waals surface area contributed by atoms with Gasteiger partial charge in [-0.25, -0.2) is 0 Å². The van der Waals surface area contributed by atoms with Crippen LogP contribution < -0.4 is 4.74 Å². The summed E-state index contributed by atoms with van der Waals surface area (Å²) < 4.78 is 5.01. The fraction of sp³-hybridized carbons (Fsp3) is 0.364. The number of ether oxygens (including phenoxy) is 1. The normalized spacial score (nSPS) is 15.8. The third-order valence-corrected chi connectivity index (χ3v) is 3.07. The van der Waals surface area contributed by atoms with Gasteiger partial charge in [0.1, 0.15) is 5.75 Å². The van der Waals surface area contributed by atoms with Crippen molar-refractivity contribution in [2.75, 3.05) is 7.11 Å². The second-order valence-corrected chi connectivity index (χ2v) is 4.23. The van der Waals surface area contributed by atoms with Crippen molar-refractivity contribution in [2.45, 2.75) is 18.6 Å². The van der Waals surface area contributed by atoms with Gasteiger partial charge in [0.05, 0.1) is 7.11 Å². The number of ketones is 1. The van der Waals surface area contributed by atoms with Crippen LogP contribution in [0.2, 0.25) is 0 Å². The minimum atomic E-state index is -2.56. The highest BCUT2D eigenvalue weighted by molar-refractivity contribution is 6.03. The van der Waals surface area contributed by atoms with E-state index in [1.807, 2.05) is 0 Å². The Hall–Kier alpha value is -2.91. The van der Waals surface area contributed by atoms with Gasteiger partial charge in [-0.2, -0.15) is 0 Å². The molecular formula is C11H10N2O8. The molecule has 0 fully saturated rings.